The van der Waals surface area contributed by atoms with Gasteiger partial charge in [-0.3, -0.25) is 0 Å². The third-order valence-corrected chi connectivity index (χ3v) is 2.56. The Labute approximate surface area is 113 Å². The Kier molecular flexibility index (Phi) is 5.45. The number of allylic oxidation sites excluding steroid dienone is 1. The number of hydrogen-bond acceptors (Lipinski definition) is 4. The highest BCUT2D eigenvalue weighted by molar-refractivity contribution is 7.80. The molecule has 0 spiro atoms. The highest BCUT2D eigenvalue weighted by atomic mass is 32.1. The lowest BCUT2D eigenvalue weighted by molar-refractivity contribution is 0.992. The molecule has 4 nitrogen and oxygen atoms in total. The van der Waals surface area contributed by atoms with Crippen molar-refractivity contribution in [2.45, 2.75) is 6.92 Å². The molecular weight excluding hydrogens is 244 g/mol. The van der Waals surface area contributed by atoms with Crippen LogP contribution in [0.5, 0.6) is 0 Å². The summed E-state index contributed by atoms with van der Waals surface area (Å²) in [5.41, 5.74) is 2.88. The molecular formula is C13H18N4S. The fourth-order valence-electron chi connectivity index (χ4n) is 1.21. The molecule has 0 unspecified atom stereocenters. The van der Waals surface area contributed by atoms with Crippen LogP contribution in [0.2, 0.25) is 0 Å². The van der Waals surface area contributed by atoms with Crippen molar-refractivity contribution in [2.24, 2.45) is 10.2 Å². The van der Waals surface area contributed by atoms with Gasteiger partial charge in [0.2, 0.25) is 0 Å². The van der Waals surface area contributed by atoms with E-state index >= 15 is 0 Å². The Balaban J connectivity index is 2.70. The molecule has 0 radical (unpaired) electrons. The molecule has 1 N–H and O–H groups in total. The molecule has 0 heterocycles. The number of nitrogens with zero attached hydrogens (tertiary/aromatic N) is 3. The van der Waals surface area contributed by atoms with E-state index in [1.165, 1.54) is 0 Å². The van der Waals surface area contributed by atoms with Crippen molar-refractivity contribution < 1.29 is 0 Å². The first-order chi connectivity index (χ1) is 8.52. The number of thiocarbonyl (C=S) groups is 1. The topological polar surface area (TPSA) is 40.0 Å². The first-order valence-electron chi connectivity index (χ1n) is 5.62. The van der Waals surface area contributed by atoms with Crippen LogP contribution >= 0.6 is 12.2 Å². The summed E-state index contributed by atoms with van der Waals surface area (Å²) in [7, 11) is 5.83. The first kappa shape index (κ1) is 14.3. The van der Waals surface area contributed by atoms with Crippen molar-refractivity contribution in [3.63, 3.8) is 0 Å². The molecule has 0 amide bonds. The van der Waals surface area contributed by atoms with Crippen LogP contribution in [-0.2, 0) is 0 Å². The monoisotopic (exact) mass is 262 g/mol. The zero-order valence-electron chi connectivity index (χ0n) is 11.1. The van der Waals surface area contributed by atoms with E-state index in [1.54, 1.807) is 6.08 Å². The van der Waals surface area contributed by atoms with E-state index in [0.717, 1.165) is 17.1 Å². The fourth-order valence-corrected chi connectivity index (χ4v) is 1.43. The van der Waals surface area contributed by atoms with Gasteiger partial charge >= 0.3 is 0 Å². The van der Waals surface area contributed by atoms with E-state index in [2.05, 4.69) is 15.5 Å². The van der Waals surface area contributed by atoms with Crippen LogP contribution in [0.3, 0.4) is 0 Å². The van der Waals surface area contributed by atoms with Gasteiger partial charge < -0.3 is 10.2 Å². The third kappa shape index (κ3) is 4.63. The average molecular weight is 262 g/mol. The molecule has 5 heteroatoms. The second kappa shape index (κ2) is 6.86. The number of benzene rings is 1. The van der Waals surface area contributed by atoms with Gasteiger partial charge in [-0.2, -0.15) is 0 Å². The van der Waals surface area contributed by atoms with Crippen molar-refractivity contribution in [1.82, 2.24) is 5.32 Å². The van der Waals surface area contributed by atoms with Crippen molar-refractivity contribution >= 4 is 28.6 Å². The van der Waals surface area contributed by atoms with Crippen molar-refractivity contribution in [3.8, 4) is 0 Å². The molecule has 0 fully saturated rings. The molecule has 96 valence electrons. The Bertz CT molecular complexity index is 460. The quantitative estimate of drug-likeness (QED) is 0.514. The van der Waals surface area contributed by atoms with Crippen LogP contribution in [0, 0.1) is 0 Å². The molecule has 18 heavy (non-hydrogen) atoms. The summed E-state index contributed by atoms with van der Waals surface area (Å²) >= 11 is 5.08. The standard InChI is InChI=1S/C13H18N4S/c1-10(14-2)9-13(18)16-15-11-5-7-12(8-6-11)17(3)4/h5-9,14H,1-4H3. The lowest BCUT2D eigenvalue weighted by atomic mass is 10.3. The minimum absolute atomic E-state index is 0.457. The van der Waals surface area contributed by atoms with Crippen molar-refractivity contribution in [1.29, 1.82) is 0 Å². The van der Waals surface area contributed by atoms with E-state index in [-0.39, 0.29) is 0 Å². The van der Waals surface area contributed by atoms with E-state index < -0.39 is 0 Å². The smallest absolute Gasteiger partial charge is 0.150 e. The lowest BCUT2D eigenvalue weighted by Gasteiger charge is -2.11. The Morgan fingerprint density at radius 2 is 1.89 bits per heavy atom. The number of rotatable bonds is 4. The van der Waals surface area contributed by atoms with E-state index in [0.29, 0.717) is 4.99 Å². The van der Waals surface area contributed by atoms with Crippen LogP contribution in [0.1, 0.15) is 6.92 Å². The minimum Gasteiger partial charge on any atom is -0.392 e. The Hall–Kier alpha value is -1.75. The van der Waals surface area contributed by atoms with E-state index in [4.69, 9.17) is 12.2 Å². The van der Waals surface area contributed by atoms with E-state index in [9.17, 15) is 0 Å². The SMILES string of the molecule is CNC(C)=CC(=S)N=Nc1ccc(N(C)C)cc1. The predicted octanol–water partition coefficient (Wildman–Crippen LogP) is 3.29. The summed E-state index contributed by atoms with van der Waals surface area (Å²) in [6.45, 7) is 1.92. The van der Waals surface area contributed by atoms with E-state index in [1.807, 2.05) is 57.2 Å². The van der Waals surface area contributed by atoms with Gasteiger partial charge in [0.05, 0.1) is 5.69 Å². The fraction of sp³-hybridized carbons (Fsp3) is 0.308. The van der Waals surface area contributed by atoms with Crippen molar-refractivity contribution in [3.05, 3.63) is 36.0 Å². The zero-order valence-corrected chi connectivity index (χ0v) is 12.0. The Morgan fingerprint density at radius 3 is 2.39 bits per heavy atom. The molecule has 0 saturated heterocycles. The number of nitrogens with one attached hydrogen (secondary N) is 1. The van der Waals surface area contributed by atoms with Gasteiger partial charge in [-0.15, -0.1) is 10.2 Å². The van der Waals surface area contributed by atoms with Crippen LogP contribution in [0.15, 0.2) is 46.3 Å². The molecule has 0 bridgehead atoms. The zero-order chi connectivity index (χ0) is 13.5. The van der Waals surface area contributed by atoms with Gasteiger partial charge in [-0.25, -0.2) is 0 Å². The summed E-state index contributed by atoms with van der Waals surface area (Å²) in [6.07, 6.45) is 1.77. The maximum absolute atomic E-state index is 5.08. The van der Waals surface area contributed by atoms with Gasteiger partial charge in [-0.1, -0.05) is 12.2 Å². The Morgan fingerprint density at radius 1 is 1.28 bits per heavy atom. The highest BCUT2D eigenvalue weighted by Gasteiger charge is 1.95. The molecule has 1 rings (SSSR count). The first-order valence-corrected chi connectivity index (χ1v) is 6.03. The summed E-state index contributed by atoms with van der Waals surface area (Å²) < 4.78 is 0. The molecule has 0 atom stereocenters. The normalized spacial score (nSPS) is 11.7. The molecule has 0 aromatic heterocycles. The summed E-state index contributed by atoms with van der Waals surface area (Å²) in [5.74, 6) is 0. The summed E-state index contributed by atoms with van der Waals surface area (Å²) in [5, 5.41) is 11.1. The van der Waals surface area contributed by atoms with Gasteiger partial charge in [0.25, 0.3) is 0 Å². The second-order valence-electron chi connectivity index (χ2n) is 4.03. The average Bonchev–Trinajstić information content (AvgIpc) is 2.36. The molecule has 0 aliphatic rings. The van der Waals surface area contributed by atoms with Crippen LogP contribution in [-0.4, -0.2) is 26.1 Å². The summed E-state index contributed by atoms with van der Waals surface area (Å²) in [4.78, 5) is 2.49. The molecule has 0 aliphatic carbocycles. The predicted molar refractivity (Wildman–Crippen MR) is 80.7 cm³/mol. The van der Waals surface area contributed by atoms with Crippen LogP contribution in [0.25, 0.3) is 0 Å². The summed E-state index contributed by atoms with van der Waals surface area (Å²) in [6, 6.07) is 7.81. The third-order valence-electron chi connectivity index (χ3n) is 2.36. The van der Waals surface area contributed by atoms with Crippen LogP contribution < -0.4 is 10.2 Å². The number of hydrogen-bond donors (Lipinski definition) is 1. The maximum Gasteiger partial charge on any atom is 0.150 e. The minimum atomic E-state index is 0.457. The lowest BCUT2D eigenvalue weighted by Crippen LogP contribution is -2.07. The number of anilines is 1. The maximum atomic E-state index is 5.08. The highest BCUT2D eigenvalue weighted by Crippen LogP contribution is 2.18. The van der Waals surface area contributed by atoms with Gasteiger partial charge in [-0.05, 0) is 37.3 Å². The molecule has 1 aromatic carbocycles. The molecule has 0 saturated carbocycles. The van der Waals surface area contributed by atoms with Crippen LogP contribution in [0.4, 0.5) is 11.4 Å². The second-order valence-corrected chi connectivity index (χ2v) is 4.44. The molecule has 1 aromatic rings. The van der Waals surface area contributed by atoms with Gasteiger partial charge in [0.1, 0.15) is 0 Å². The number of azo groups is 1. The van der Waals surface area contributed by atoms with Gasteiger partial charge in [0, 0.05) is 32.5 Å². The van der Waals surface area contributed by atoms with Gasteiger partial charge in [0.15, 0.2) is 4.99 Å². The molecule has 0 aliphatic heterocycles. The largest absolute Gasteiger partial charge is 0.392 e. The van der Waals surface area contributed by atoms with Crippen molar-refractivity contribution in [2.75, 3.05) is 26.0 Å².